The van der Waals surface area contributed by atoms with Crippen LogP contribution >= 0.6 is 24.0 Å². The number of rotatable bonds is 6. The van der Waals surface area contributed by atoms with Gasteiger partial charge in [0.1, 0.15) is 17.2 Å². The first-order valence-corrected chi connectivity index (χ1v) is 8.80. The van der Waals surface area contributed by atoms with Crippen molar-refractivity contribution in [2.45, 2.75) is 26.6 Å². The van der Waals surface area contributed by atoms with Crippen LogP contribution in [0.5, 0.6) is 0 Å². The topological polar surface area (TPSA) is 58.8 Å². The fourth-order valence-electron chi connectivity index (χ4n) is 2.97. The summed E-state index contributed by atoms with van der Waals surface area (Å²) in [5, 5.41) is 7.61. The average Bonchev–Trinajstić information content (AvgIpc) is 3.00. The van der Waals surface area contributed by atoms with Crippen LogP contribution in [-0.4, -0.2) is 20.1 Å². The van der Waals surface area contributed by atoms with Crippen molar-refractivity contribution in [2.24, 2.45) is 4.99 Å². The van der Waals surface area contributed by atoms with Gasteiger partial charge in [-0.2, -0.15) is 0 Å². The molecule has 2 N–H and O–H groups in total. The Kier molecular flexibility index (Phi) is 8.25. The molecule has 2 aromatic carbocycles. The SMILES string of the molecule is CN=C(NCc1ccc(F)c(COC)c1)NCc1oc2ccccc2c1C.I. The zero-order valence-corrected chi connectivity index (χ0v) is 18.5. The van der Waals surface area contributed by atoms with E-state index in [0.717, 1.165) is 27.9 Å². The van der Waals surface area contributed by atoms with Crippen molar-refractivity contribution in [1.29, 1.82) is 0 Å². The molecular formula is C21H25FIN3O2. The Labute approximate surface area is 181 Å². The Hall–Kier alpha value is -2.13. The monoisotopic (exact) mass is 497 g/mol. The van der Waals surface area contributed by atoms with E-state index in [1.165, 1.54) is 6.07 Å². The van der Waals surface area contributed by atoms with E-state index >= 15 is 0 Å². The minimum atomic E-state index is -0.261. The first kappa shape index (κ1) is 22.2. The Bertz CT molecular complexity index is 956. The third-order valence-corrected chi connectivity index (χ3v) is 4.45. The van der Waals surface area contributed by atoms with Crippen molar-refractivity contribution in [1.82, 2.24) is 10.6 Å². The summed E-state index contributed by atoms with van der Waals surface area (Å²) in [5.74, 6) is 1.26. The number of nitrogens with zero attached hydrogens (tertiary/aromatic N) is 1. The minimum absolute atomic E-state index is 0. The molecule has 0 atom stereocenters. The Morgan fingerprint density at radius 3 is 2.61 bits per heavy atom. The van der Waals surface area contributed by atoms with Gasteiger partial charge in [0.25, 0.3) is 0 Å². The van der Waals surface area contributed by atoms with Crippen LogP contribution in [0.2, 0.25) is 0 Å². The standard InChI is InChI=1S/C21H24FN3O2.HI/c1-14-17-6-4-5-7-19(17)27-20(14)12-25-21(23-2)24-11-15-8-9-18(22)16(10-15)13-26-3;/h4-10H,11-13H2,1-3H3,(H2,23,24,25);1H. The van der Waals surface area contributed by atoms with Gasteiger partial charge < -0.3 is 19.8 Å². The number of para-hydroxylation sites is 1. The smallest absolute Gasteiger partial charge is 0.191 e. The number of aliphatic imine (C=N–C) groups is 1. The highest BCUT2D eigenvalue weighted by Gasteiger charge is 2.10. The van der Waals surface area contributed by atoms with Crippen molar-refractivity contribution < 1.29 is 13.5 Å². The van der Waals surface area contributed by atoms with Gasteiger partial charge in [-0.15, -0.1) is 24.0 Å². The summed E-state index contributed by atoms with van der Waals surface area (Å²) in [6.07, 6.45) is 0. The predicted molar refractivity (Wildman–Crippen MR) is 121 cm³/mol. The molecule has 0 saturated heterocycles. The number of aryl methyl sites for hydroxylation is 1. The van der Waals surface area contributed by atoms with Crippen LogP contribution in [0.4, 0.5) is 4.39 Å². The summed E-state index contributed by atoms with van der Waals surface area (Å²) in [5.41, 5.74) is 3.49. The number of guanidine groups is 1. The van der Waals surface area contributed by atoms with E-state index in [2.05, 4.69) is 28.6 Å². The van der Waals surface area contributed by atoms with E-state index in [-0.39, 0.29) is 36.4 Å². The van der Waals surface area contributed by atoms with Gasteiger partial charge in [-0.3, -0.25) is 4.99 Å². The van der Waals surface area contributed by atoms with E-state index in [0.29, 0.717) is 24.6 Å². The van der Waals surface area contributed by atoms with E-state index in [4.69, 9.17) is 9.15 Å². The minimum Gasteiger partial charge on any atom is -0.459 e. The van der Waals surface area contributed by atoms with Gasteiger partial charge in [0.2, 0.25) is 0 Å². The lowest BCUT2D eigenvalue weighted by atomic mass is 10.1. The highest BCUT2D eigenvalue weighted by molar-refractivity contribution is 14.0. The molecule has 0 bridgehead atoms. The highest BCUT2D eigenvalue weighted by Crippen LogP contribution is 2.24. The van der Waals surface area contributed by atoms with Gasteiger partial charge in [-0.1, -0.05) is 24.3 Å². The number of fused-ring (bicyclic) bond motifs is 1. The number of hydrogen-bond donors (Lipinski definition) is 2. The fraction of sp³-hybridized carbons (Fsp3) is 0.286. The molecule has 0 aliphatic heterocycles. The number of methoxy groups -OCH3 is 1. The fourth-order valence-corrected chi connectivity index (χ4v) is 2.97. The van der Waals surface area contributed by atoms with Gasteiger partial charge in [-0.05, 0) is 30.7 Å². The van der Waals surface area contributed by atoms with Gasteiger partial charge in [0, 0.05) is 37.2 Å². The van der Waals surface area contributed by atoms with Crippen molar-refractivity contribution in [3.8, 4) is 0 Å². The summed E-state index contributed by atoms with van der Waals surface area (Å²) >= 11 is 0. The first-order valence-electron chi connectivity index (χ1n) is 8.80. The molecule has 0 radical (unpaired) electrons. The van der Waals surface area contributed by atoms with Crippen LogP contribution in [0, 0.1) is 12.7 Å². The summed E-state index contributed by atoms with van der Waals surface area (Å²) in [7, 11) is 3.26. The summed E-state index contributed by atoms with van der Waals surface area (Å²) in [6, 6.07) is 13.0. The summed E-state index contributed by atoms with van der Waals surface area (Å²) in [4.78, 5) is 4.23. The van der Waals surface area contributed by atoms with Gasteiger partial charge >= 0.3 is 0 Å². The van der Waals surface area contributed by atoms with E-state index in [1.54, 1.807) is 26.3 Å². The molecule has 7 heteroatoms. The molecular weight excluding hydrogens is 472 g/mol. The van der Waals surface area contributed by atoms with Gasteiger partial charge in [-0.25, -0.2) is 4.39 Å². The quantitative estimate of drug-likeness (QED) is 0.299. The number of furan rings is 1. The maximum atomic E-state index is 13.7. The number of hydrogen-bond acceptors (Lipinski definition) is 3. The van der Waals surface area contributed by atoms with Crippen molar-refractivity contribution in [3.63, 3.8) is 0 Å². The highest BCUT2D eigenvalue weighted by atomic mass is 127. The van der Waals surface area contributed by atoms with Crippen LogP contribution < -0.4 is 10.6 Å². The third kappa shape index (κ3) is 5.23. The number of halogens is 2. The lowest BCUT2D eigenvalue weighted by Gasteiger charge is -2.12. The number of nitrogens with one attached hydrogen (secondary N) is 2. The van der Waals surface area contributed by atoms with Gasteiger partial charge in [0.15, 0.2) is 5.96 Å². The molecule has 150 valence electrons. The molecule has 1 aromatic heterocycles. The Morgan fingerprint density at radius 1 is 1.14 bits per heavy atom. The second-order valence-electron chi connectivity index (χ2n) is 6.28. The summed E-state index contributed by atoms with van der Waals surface area (Å²) in [6.45, 7) is 3.35. The molecule has 0 fully saturated rings. The average molecular weight is 497 g/mol. The second kappa shape index (κ2) is 10.4. The maximum absolute atomic E-state index is 13.7. The van der Waals surface area contributed by atoms with Crippen molar-refractivity contribution in [2.75, 3.05) is 14.2 Å². The Balaban J connectivity index is 0.00000280. The molecule has 3 aromatic rings. The Morgan fingerprint density at radius 2 is 1.89 bits per heavy atom. The molecule has 0 spiro atoms. The second-order valence-corrected chi connectivity index (χ2v) is 6.28. The maximum Gasteiger partial charge on any atom is 0.191 e. The van der Waals surface area contributed by atoms with E-state index < -0.39 is 0 Å². The van der Waals surface area contributed by atoms with E-state index in [9.17, 15) is 4.39 Å². The van der Waals surface area contributed by atoms with Crippen molar-refractivity contribution in [3.05, 3.63) is 70.7 Å². The molecule has 1 heterocycles. The zero-order chi connectivity index (χ0) is 19.2. The van der Waals surface area contributed by atoms with Crippen LogP contribution in [-0.2, 0) is 24.4 Å². The molecule has 0 saturated carbocycles. The number of benzene rings is 2. The molecule has 28 heavy (non-hydrogen) atoms. The van der Waals surface area contributed by atoms with Crippen LogP contribution in [0.25, 0.3) is 11.0 Å². The van der Waals surface area contributed by atoms with Gasteiger partial charge in [0.05, 0.1) is 13.2 Å². The lowest BCUT2D eigenvalue weighted by molar-refractivity contribution is 0.181. The molecule has 0 unspecified atom stereocenters. The molecule has 0 aliphatic rings. The third-order valence-electron chi connectivity index (χ3n) is 4.45. The molecule has 5 nitrogen and oxygen atoms in total. The normalized spacial score (nSPS) is 11.4. The van der Waals surface area contributed by atoms with Crippen molar-refractivity contribution >= 4 is 40.9 Å². The van der Waals surface area contributed by atoms with Crippen LogP contribution in [0.3, 0.4) is 0 Å². The molecule has 0 amide bonds. The summed E-state index contributed by atoms with van der Waals surface area (Å²) < 4.78 is 24.6. The number of ether oxygens (including phenoxy) is 1. The molecule has 3 rings (SSSR count). The predicted octanol–water partition coefficient (Wildman–Crippen LogP) is 4.51. The van der Waals surface area contributed by atoms with E-state index in [1.807, 2.05) is 18.2 Å². The van der Waals surface area contributed by atoms with Crippen LogP contribution in [0.15, 0.2) is 51.9 Å². The van der Waals surface area contributed by atoms with Crippen LogP contribution in [0.1, 0.15) is 22.5 Å². The lowest BCUT2D eigenvalue weighted by Crippen LogP contribution is -2.36. The first-order chi connectivity index (χ1) is 13.1. The zero-order valence-electron chi connectivity index (χ0n) is 16.2. The largest absolute Gasteiger partial charge is 0.459 e. The molecule has 0 aliphatic carbocycles.